The van der Waals surface area contributed by atoms with Crippen LogP contribution in [0.15, 0.2) is 12.1 Å². The van der Waals surface area contributed by atoms with Crippen LogP contribution in [0.4, 0.5) is 8.78 Å². The molecule has 2 aromatic heterocycles. The van der Waals surface area contributed by atoms with Crippen LogP contribution in [0.25, 0.3) is 11.2 Å². The fraction of sp³-hybridized carbons (Fsp3) is 0.250. The third kappa shape index (κ3) is 1.33. The summed E-state index contributed by atoms with van der Waals surface area (Å²) in [6, 6.07) is 3.09. The maximum atomic E-state index is 12.4. The summed E-state index contributed by atoms with van der Waals surface area (Å²) >= 11 is 5.64. The molecule has 0 saturated carbocycles. The number of aryl methyl sites for hydroxylation is 1. The number of nitrogens with zero attached hydrogens (tertiary/aromatic N) is 3. The van der Waals surface area contributed by atoms with E-state index in [0.29, 0.717) is 11.2 Å². The Bertz CT molecular complexity index is 481. The molecule has 2 aromatic rings. The summed E-state index contributed by atoms with van der Waals surface area (Å²) in [5, 5.41) is 0.265. The van der Waals surface area contributed by atoms with Crippen molar-refractivity contribution in [2.24, 2.45) is 7.05 Å². The van der Waals surface area contributed by atoms with Crippen LogP contribution < -0.4 is 0 Å². The third-order valence-electron chi connectivity index (χ3n) is 1.91. The van der Waals surface area contributed by atoms with Crippen molar-refractivity contribution in [1.29, 1.82) is 0 Å². The van der Waals surface area contributed by atoms with Crippen molar-refractivity contribution >= 4 is 22.8 Å². The highest BCUT2D eigenvalue weighted by Crippen LogP contribution is 2.22. The van der Waals surface area contributed by atoms with Gasteiger partial charge >= 0.3 is 0 Å². The van der Waals surface area contributed by atoms with Crippen molar-refractivity contribution in [2.45, 2.75) is 6.43 Å². The molecule has 0 radical (unpaired) electrons. The van der Waals surface area contributed by atoms with Crippen molar-refractivity contribution in [1.82, 2.24) is 14.5 Å². The zero-order chi connectivity index (χ0) is 10.3. The Morgan fingerprint density at radius 3 is 2.71 bits per heavy atom. The van der Waals surface area contributed by atoms with Gasteiger partial charge in [0.05, 0.1) is 0 Å². The fourth-order valence-corrected chi connectivity index (χ4v) is 1.40. The number of hydrogen-bond acceptors (Lipinski definition) is 2. The van der Waals surface area contributed by atoms with Gasteiger partial charge in [-0.25, -0.2) is 18.7 Å². The van der Waals surface area contributed by atoms with E-state index in [1.165, 1.54) is 17.7 Å². The van der Waals surface area contributed by atoms with Gasteiger partial charge in [-0.3, -0.25) is 0 Å². The molecule has 0 amide bonds. The maximum absolute atomic E-state index is 12.4. The molecule has 6 heteroatoms. The summed E-state index contributed by atoms with van der Waals surface area (Å²) in [4.78, 5) is 7.66. The van der Waals surface area contributed by atoms with Gasteiger partial charge in [-0.1, -0.05) is 11.6 Å². The molecule has 0 aliphatic carbocycles. The normalized spacial score (nSPS) is 11.5. The summed E-state index contributed by atoms with van der Waals surface area (Å²) in [6.07, 6.45) is -2.60. The quantitative estimate of drug-likeness (QED) is 0.688. The van der Waals surface area contributed by atoms with Gasteiger partial charge < -0.3 is 4.57 Å². The summed E-state index contributed by atoms with van der Waals surface area (Å²) in [5.41, 5.74) is 0.792. The maximum Gasteiger partial charge on any atom is 0.295 e. The number of pyridine rings is 1. The Morgan fingerprint density at radius 2 is 2.07 bits per heavy atom. The van der Waals surface area contributed by atoms with E-state index in [1.54, 1.807) is 6.07 Å². The highest BCUT2D eigenvalue weighted by Gasteiger charge is 2.17. The second-order valence-electron chi connectivity index (χ2n) is 2.81. The summed E-state index contributed by atoms with van der Waals surface area (Å²) in [7, 11) is 1.49. The van der Waals surface area contributed by atoms with Crippen LogP contribution in [0.5, 0.6) is 0 Å². The molecule has 0 bridgehead atoms. The van der Waals surface area contributed by atoms with E-state index in [9.17, 15) is 8.78 Å². The van der Waals surface area contributed by atoms with Gasteiger partial charge in [-0.05, 0) is 12.1 Å². The first-order valence-electron chi connectivity index (χ1n) is 3.86. The Morgan fingerprint density at radius 1 is 1.36 bits per heavy atom. The summed E-state index contributed by atoms with van der Waals surface area (Å²) in [5.74, 6) is -0.297. The van der Waals surface area contributed by atoms with E-state index in [1.807, 2.05) is 0 Å². The minimum atomic E-state index is -2.60. The van der Waals surface area contributed by atoms with E-state index in [2.05, 4.69) is 9.97 Å². The van der Waals surface area contributed by atoms with Crippen LogP contribution in [0.2, 0.25) is 5.15 Å². The molecule has 0 saturated heterocycles. The summed E-state index contributed by atoms with van der Waals surface area (Å²) < 4.78 is 26.1. The molecular weight excluding hydrogens is 212 g/mol. The van der Waals surface area contributed by atoms with Gasteiger partial charge in [0.1, 0.15) is 10.7 Å². The van der Waals surface area contributed by atoms with E-state index in [4.69, 9.17) is 11.6 Å². The van der Waals surface area contributed by atoms with Crippen molar-refractivity contribution in [3.8, 4) is 0 Å². The average Bonchev–Trinajstić information content (AvgIpc) is 2.44. The molecule has 0 fully saturated rings. The fourth-order valence-electron chi connectivity index (χ4n) is 1.25. The monoisotopic (exact) mass is 217 g/mol. The Kier molecular flexibility index (Phi) is 2.11. The predicted molar refractivity (Wildman–Crippen MR) is 48.5 cm³/mol. The average molecular weight is 218 g/mol. The highest BCUT2D eigenvalue weighted by molar-refractivity contribution is 6.29. The molecule has 2 heterocycles. The number of rotatable bonds is 1. The van der Waals surface area contributed by atoms with Gasteiger partial charge in [0.15, 0.2) is 11.5 Å². The van der Waals surface area contributed by atoms with Gasteiger partial charge in [-0.15, -0.1) is 0 Å². The molecule has 0 aromatic carbocycles. The second-order valence-corrected chi connectivity index (χ2v) is 3.19. The molecule has 74 valence electrons. The molecule has 14 heavy (non-hydrogen) atoms. The first kappa shape index (κ1) is 9.33. The topological polar surface area (TPSA) is 30.7 Å². The van der Waals surface area contributed by atoms with Gasteiger partial charge in [-0.2, -0.15) is 0 Å². The van der Waals surface area contributed by atoms with Crippen molar-refractivity contribution in [3.63, 3.8) is 0 Å². The van der Waals surface area contributed by atoms with Gasteiger partial charge in [0, 0.05) is 7.05 Å². The number of halogens is 3. The molecule has 0 aliphatic rings. The number of aromatic nitrogens is 3. The van der Waals surface area contributed by atoms with Gasteiger partial charge in [0.25, 0.3) is 6.43 Å². The Balaban J connectivity index is 2.74. The first-order chi connectivity index (χ1) is 6.59. The van der Waals surface area contributed by atoms with E-state index < -0.39 is 6.43 Å². The molecule has 2 rings (SSSR count). The van der Waals surface area contributed by atoms with Crippen molar-refractivity contribution in [3.05, 3.63) is 23.1 Å². The predicted octanol–water partition coefficient (Wildman–Crippen LogP) is 2.56. The van der Waals surface area contributed by atoms with Gasteiger partial charge in [0.2, 0.25) is 0 Å². The van der Waals surface area contributed by atoms with Crippen molar-refractivity contribution < 1.29 is 8.78 Å². The number of imidazole rings is 1. The SMILES string of the molecule is Cn1c(C(F)F)nc2ccc(Cl)nc21. The zero-order valence-corrected chi connectivity index (χ0v) is 7.96. The van der Waals surface area contributed by atoms with E-state index in [0.717, 1.165) is 0 Å². The molecule has 0 unspecified atom stereocenters. The van der Waals surface area contributed by atoms with E-state index in [-0.39, 0.29) is 11.0 Å². The zero-order valence-electron chi connectivity index (χ0n) is 7.21. The van der Waals surface area contributed by atoms with E-state index >= 15 is 0 Å². The summed E-state index contributed by atoms with van der Waals surface area (Å²) in [6.45, 7) is 0. The van der Waals surface area contributed by atoms with Crippen LogP contribution in [-0.2, 0) is 7.05 Å². The largest absolute Gasteiger partial charge is 0.311 e. The lowest BCUT2D eigenvalue weighted by Gasteiger charge is -1.98. The standard InChI is InChI=1S/C8H6ClF2N3/c1-14-7-4(2-3-5(9)13-7)12-8(14)6(10)11/h2-3,6H,1H3. The lowest BCUT2D eigenvalue weighted by atomic mass is 10.4. The third-order valence-corrected chi connectivity index (χ3v) is 2.12. The Labute approximate surface area is 83.3 Å². The number of hydrogen-bond donors (Lipinski definition) is 0. The second kappa shape index (κ2) is 3.16. The van der Waals surface area contributed by atoms with Crippen LogP contribution in [-0.4, -0.2) is 14.5 Å². The van der Waals surface area contributed by atoms with Crippen LogP contribution in [0.3, 0.4) is 0 Å². The smallest absolute Gasteiger partial charge is 0.295 e. The first-order valence-corrected chi connectivity index (χ1v) is 4.24. The molecule has 3 nitrogen and oxygen atoms in total. The Hall–Kier alpha value is -1.23. The van der Waals surface area contributed by atoms with Crippen LogP contribution >= 0.6 is 11.6 Å². The van der Waals surface area contributed by atoms with Crippen molar-refractivity contribution in [2.75, 3.05) is 0 Å². The molecular formula is C8H6ClF2N3. The molecule has 0 aliphatic heterocycles. The van der Waals surface area contributed by atoms with Crippen LogP contribution in [0, 0.1) is 0 Å². The number of alkyl halides is 2. The molecule has 0 atom stereocenters. The number of fused-ring (bicyclic) bond motifs is 1. The molecule has 0 N–H and O–H groups in total. The molecule has 0 spiro atoms. The lowest BCUT2D eigenvalue weighted by molar-refractivity contribution is 0.137. The minimum absolute atomic E-state index is 0.265. The highest BCUT2D eigenvalue weighted by atomic mass is 35.5. The minimum Gasteiger partial charge on any atom is -0.311 e. The lowest BCUT2D eigenvalue weighted by Crippen LogP contribution is -1.98. The van der Waals surface area contributed by atoms with Crippen LogP contribution in [0.1, 0.15) is 12.2 Å².